The predicted octanol–water partition coefficient (Wildman–Crippen LogP) is 5.52. The van der Waals surface area contributed by atoms with Gasteiger partial charge in [0.2, 0.25) is 0 Å². The van der Waals surface area contributed by atoms with Gasteiger partial charge in [0.15, 0.2) is 0 Å². The fourth-order valence-electron chi connectivity index (χ4n) is 3.73. The molecule has 0 aromatic heterocycles. The summed E-state index contributed by atoms with van der Waals surface area (Å²) in [5.74, 6) is -1.23. The van der Waals surface area contributed by atoms with Crippen molar-refractivity contribution in [2.24, 2.45) is 0 Å². The Morgan fingerprint density at radius 1 is 0.578 bits per heavy atom. The van der Waals surface area contributed by atoms with Crippen LogP contribution in [0.1, 0.15) is 109 Å². The van der Waals surface area contributed by atoms with Gasteiger partial charge in [-0.05, 0) is 109 Å². The third-order valence-corrected chi connectivity index (χ3v) is 5.36. The van der Waals surface area contributed by atoms with Crippen molar-refractivity contribution in [3.05, 3.63) is 0 Å². The molecule has 0 fully saturated rings. The van der Waals surface area contributed by atoms with E-state index in [1.807, 2.05) is 0 Å². The molecular formula is C31H58N4O10. The van der Waals surface area contributed by atoms with Gasteiger partial charge in [0.1, 0.15) is 28.4 Å². The highest BCUT2D eigenvalue weighted by atomic mass is 16.6. The van der Waals surface area contributed by atoms with Crippen LogP contribution in [0.4, 0.5) is 19.2 Å². The minimum Gasteiger partial charge on any atom is -0.480 e. The third-order valence-electron chi connectivity index (χ3n) is 5.36. The molecule has 0 saturated carbocycles. The van der Waals surface area contributed by atoms with Crippen LogP contribution in [0.25, 0.3) is 0 Å². The van der Waals surface area contributed by atoms with Crippen LogP contribution < -0.4 is 10.6 Å². The summed E-state index contributed by atoms with van der Waals surface area (Å²) < 4.78 is 21.5. The molecule has 0 saturated heterocycles. The van der Waals surface area contributed by atoms with Gasteiger partial charge in [-0.15, -0.1) is 0 Å². The van der Waals surface area contributed by atoms with Gasteiger partial charge in [-0.2, -0.15) is 0 Å². The van der Waals surface area contributed by atoms with Crippen LogP contribution in [0.15, 0.2) is 0 Å². The Hall–Kier alpha value is -3.45. The number of hydrogen-bond donors (Lipinski definition) is 3. The molecule has 0 aromatic carbocycles. The number of carbonyl (C=O) groups is 5. The molecule has 0 unspecified atom stereocenters. The number of aliphatic carboxylic acids is 1. The Kier molecular flexibility index (Phi) is 16.5. The number of rotatable bonds is 14. The van der Waals surface area contributed by atoms with E-state index in [0.29, 0.717) is 6.42 Å². The van der Waals surface area contributed by atoms with Gasteiger partial charge in [0, 0.05) is 32.7 Å². The molecule has 262 valence electrons. The fourth-order valence-corrected chi connectivity index (χ4v) is 3.73. The molecule has 14 heteroatoms. The fraction of sp³-hybridized carbons (Fsp3) is 0.839. The molecular weight excluding hydrogens is 588 g/mol. The second-order valence-corrected chi connectivity index (χ2v) is 14.7. The molecule has 1 atom stereocenters. The van der Waals surface area contributed by atoms with Gasteiger partial charge < -0.3 is 39.6 Å². The van der Waals surface area contributed by atoms with E-state index in [4.69, 9.17) is 18.9 Å². The summed E-state index contributed by atoms with van der Waals surface area (Å²) in [4.78, 5) is 65.0. The van der Waals surface area contributed by atoms with Crippen LogP contribution in [0.2, 0.25) is 0 Å². The van der Waals surface area contributed by atoms with Crippen molar-refractivity contribution in [1.29, 1.82) is 0 Å². The van der Waals surface area contributed by atoms with Crippen LogP contribution in [0.3, 0.4) is 0 Å². The molecule has 3 N–H and O–H groups in total. The zero-order chi connectivity index (χ0) is 35.2. The first-order valence-electron chi connectivity index (χ1n) is 15.4. The molecule has 0 radical (unpaired) electrons. The quantitative estimate of drug-likeness (QED) is 0.161. The smallest absolute Gasteiger partial charge is 0.411 e. The number of nitrogens with zero attached hydrogens (tertiary/aromatic N) is 2. The lowest BCUT2D eigenvalue weighted by molar-refractivity contribution is -0.143. The monoisotopic (exact) mass is 646 g/mol. The molecule has 14 nitrogen and oxygen atoms in total. The molecule has 0 rings (SSSR count). The molecule has 0 bridgehead atoms. The van der Waals surface area contributed by atoms with Crippen molar-refractivity contribution in [1.82, 2.24) is 20.4 Å². The molecule has 4 amide bonds. The Labute approximate surface area is 268 Å². The van der Waals surface area contributed by atoms with E-state index in [1.165, 1.54) is 4.90 Å². The first-order valence-corrected chi connectivity index (χ1v) is 15.4. The van der Waals surface area contributed by atoms with Crippen molar-refractivity contribution < 1.29 is 48.0 Å². The van der Waals surface area contributed by atoms with Gasteiger partial charge in [0.25, 0.3) is 0 Å². The summed E-state index contributed by atoms with van der Waals surface area (Å²) in [6.07, 6.45) is -1.68. The maximum Gasteiger partial charge on any atom is 0.411 e. The summed E-state index contributed by atoms with van der Waals surface area (Å²) in [6.45, 7) is 21.5. The first-order chi connectivity index (χ1) is 20.3. The van der Waals surface area contributed by atoms with E-state index in [1.54, 1.807) is 83.1 Å². The van der Waals surface area contributed by atoms with Crippen LogP contribution in [0.5, 0.6) is 0 Å². The van der Waals surface area contributed by atoms with Gasteiger partial charge in [0.05, 0.1) is 0 Å². The number of carboxylic acids is 1. The highest BCUT2D eigenvalue weighted by Crippen LogP contribution is 2.17. The van der Waals surface area contributed by atoms with Crippen molar-refractivity contribution in [2.75, 3.05) is 32.7 Å². The number of hydrogen-bond acceptors (Lipinski definition) is 9. The standard InChI is InChI=1S/C31H58N4O10/c1-28(2,3)42-24(38)32-17-14-20-34(26(40)44-30(7,8)9)19-13-16-22(23(36)37)35(27(41)45-31(10,11)12)21-15-18-33-25(39)43-29(4,5)6/h22H,13-21H2,1-12H3,(H,32,38)(H,33,39)(H,36,37)/t22-/m0/s1. The second-order valence-electron chi connectivity index (χ2n) is 14.7. The summed E-state index contributed by atoms with van der Waals surface area (Å²) in [7, 11) is 0. The number of nitrogens with one attached hydrogen (secondary N) is 2. The molecule has 0 aliphatic carbocycles. The number of ether oxygens (including phenoxy) is 4. The predicted molar refractivity (Wildman–Crippen MR) is 169 cm³/mol. The van der Waals surface area contributed by atoms with Gasteiger partial charge in [-0.25, -0.2) is 24.0 Å². The molecule has 0 spiro atoms. The summed E-state index contributed by atoms with van der Waals surface area (Å²) in [5, 5.41) is 15.4. The molecule has 0 aliphatic rings. The largest absolute Gasteiger partial charge is 0.480 e. The topological polar surface area (TPSA) is 173 Å². The maximum absolute atomic E-state index is 13.1. The van der Waals surface area contributed by atoms with Crippen LogP contribution >= 0.6 is 0 Å². The zero-order valence-electron chi connectivity index (χ0n) is 29.5. The van der Waals surface area contributed by atoms with Gasteiger partial charge in [-0.1, -0.05) is 0 Å². The Morgan fingerprint density at radius 2 is 0.956 bits per heavy atom. The zero-order valence-corrected chi connectivity index (χ0v) is 29.5. The van der Waals surface area contributed by atoms with Crippen LogP contribution in [-0.2, 0) is 23.7 Å². The van der Waals surface area contributed by atoms with Gasteiger partial charge in [-0.3, -0.25) is 4.90 Å². The number of amides is 4. The second kappa shape index (κ2) is 17.9. The van der Waals surface area contributed by atoms with Crippen LogP contribution in [-0.4, -0.2) is 106 Å². The third kappa shape index (κ3) is 21.8. The Balaban J connectivity index is 5.53. The number of carbonyl (C=O) groups excluding carboxylic acids is 4. The highest BCUT2D eigenvalue weighted by Gasteiger charge is 2.33. The average Bonchev–Trinajstić information content (AvgIpc) is 2.79. The maximum atomic E-state index is 13.1. The van der Waals surface area contributed by atoms with E-state index in [9.17, 15) is 29.1 Å². The lowest BCUT2D eigenvalue weighted by Gasteiger charge is -2.32. The SMILES string of the molecule is CC(C)(C)OC(=O)NCCCN(CCC[C@@H](C(=O)O)N(CCCNC(=O)OC(C)(C)C)C(=O)OC(C)(C)C)C(=O)OC(C)(C)C. The molecule has 0 aliphatic heterocycles. The van der Waals surface area contributed by atoms with Crippen molar-refractivity contribution in [3.63, 3.8) is 0 Å². The highest BCUT2D eigenvalue weighted by molar-refractivity contribution is 5.80. The van der Waals surface area contributed by atoms with E-state index < -0.39 is 58.8 Å². The van der Waals surface area contributed by atoms with Crippen molar-refractivity contribution in [3.8, 4) is 0 Å². The lowest BCUT2D eigenvalue weighted by atomic mass is 10.1. The molecule has 0 heterocycles. The van der Waals surface area contributed by atoms with E-state index in [0.717, 1.165) is 4.90 Å². The summed E-state index contributed by atoms with van der Waals surface area (Å²) in [5.41, 5.74) is -2.94. The van der Waals surface area contributed by atoms with E-state index >= 15 is 0 Å². The first kappa shape index (κ1) is 41.5. The Bertz CT molecular complexity index is 975. The molecule has 0 aromatic rings. The summed E-state index contributed by atoms with van der Waals surface area (Å²) >= 11 is 0. The lowest BCUT2D eigenvalue weighted by Crippen LogP contribution is -2.48. The molecule has 45 heavy (non-hydrogen) atoms. The van der Waals surface area contributed by atoms with Gasteiger partial charge >= 0.3 is 30.3 Å². The van der Waals surface area contributed by atoms with Crippen LogP contribution in [0, 0.1) is 0 Å². The average molecular weight is 647 g/mol. The van der Waals surface area contributed by atoms with Crippen molar-refractivity contribution >= 4 is 30.3 Å². The Morgan fingerprint density at radius 3 is 1.36 bits per heavy atom. The normalized spacial score (nSPS) is 12.8. The van der Waals surface area contributed by atoms with E-state index in [2.05, 4.69) is 10.6 Å². The van der Waals surface area contributed by atoms with Crippen molar-refractivity contribution in [2.45, 2.75) is 137 Å². The van der Waals surface area contributed by atoms with E-state index in [-0.39, 0.29) is 52.0 Å². The number of alkyl carbamates (subject to hydrolysis) is 2. The number of carboxylic acid groups (broad SMARTS) is 1. The minimum atomic E-state index is -1.25. The summed E-state index contributed by atoms with van der Waals surface area (Å²) in [6, 6.07) is -1.25. The minimum absolute atomic E-state index is 0.00616.